The van der Waals surface area contributed by atoms with E-state index in [1.54, 1.807) is 25.3 Å². The van der Waals surface area contributed by atoms with Crippen LogP contribution in [-0.4, -0.2) is 33.4 Å². The molecule has 9 nitrogen and oxygen atoms in total. The summed E-state index contributed by atoms with van der Waals surface area (Å²) in [5, 5.41) is 2.71. The lowest BCUT2D eigenvalue weighted by Gasteiger charge is -2.15. The minimum Gasteiger partial charge on any atom is -0.497 e. The topological polar surface area (TPSA) is 98.5 Å². The van der Waals surface area contributed by atoms with E-state index < -0.39 is 23.4 Å². The number of amides is 2. The molecule has 1 N–H and O–H groups in total. The van der Waals surface area contributed by atoms with Gasteiger partial charge in [-0.2, -0.15) is 9.67 Å². The van der Waals surface area contributed by atoms with Crippen molar-refractivity contribution in [3.05, 3.63) is 76.2 Å². The number of hydrogen-bond acceptors (Lipinski definition) is 5. The van der Waals surface area contributed by atoms with E-state index in [0.717, 1.165) is 14.9 Å². The Morgan fingerprint density at radius 1 is 1.20 bits per heavy atom. The molecule has 0 bridgehead atoms. The van der Waals surface area contributed by atoms with Crippen LogP contribution < -0.4 is 20.6 Å². The van der Waals surface area contributed by atoms with Crippen molar-refractivity contribution in [1.82, 2.24) is 19.7 Å². The number of nitrogens with zero attached hydrogens (tertiary/aromatic N) is 4. The molecule has 0 unspecified atom stereocenters. The molecule has 2 amide bonds. The third-order valence-corrected chi connectivity index (χ3v) is 4.70. The number of aromatic nitrogens is 3. The third-order valence-electron chi connectivity index (χ3n) is 4.70. The molecule has 2 heterocycles. The molecule has 0 atom stereocenters. The van der Waals surface area contributed by atoms with Crippen LogP contribution in [0.2, 0.25) is 0 Å². The number of nitrogens with one attached hydrogen (secondary N) is 1. The molecule has 2 aromatic carbocycles. The van der Waals surface area contributed by atoms with E-state index in [0.29, 0.717) is 11.4 Å². The van der Waals surface area contributed by atoms with Gasteiger partial charge < -0.3 is 10.1 Å². The highest BCUT2D eigenvalue weighted by molar-refractivity contribution is 5.95. The maximum Gasteiger partial charge on any atom is 0.365 e. The summed E-state index contributed by atoms with van der Waals surface area (Å²) in [6, 6.07) is 12.1. The number of carbonyl (C=O) groups excluding carboxylic acids is 2. The van der Waals surface area contributed by atoms with Gasteiger partial charge in [-0.05, 0) is 42.0 Å². The summed E-state index contributed by atoms with van der Waals surface area (Å²) >= 11 is 0. The summed E-state index contributed by atoms with van der Waals surface area (Å²) in [5.74, 6) is 0.0105. The van der Waals surface area contributed by atoms with Crippen LogP contribution in [0.15, 0.2) is 53.3 Å². The molecule has 1 aliphatic heterocycles. The average molecular weight is 411 g/mol. The third kappa shape index (κ3) is 3.66. The molecule has 0 saturated carbocycles. The van der Waals surface area contributed by atoms with E-state index in [9.17, 15) is 18.8 Å². The number of fused-ring (bicyclic) bond motifs is 1. The van der Waals surface area contributed by atoms with Crippen LogP contribution in [0.5, 0.6) is 5.75 Å². The largest absolute Gasteiger partial charge is 0.497 e. The molecule has 154 valence electrons. The van der Waals surface area contributed by atoms with Crippen molar-refractivity contribution in [3.63, 3.8) is 0 Å². The Morgan fingerprint density at radius 2 is 1.97 bits per heavy atom. The van der Waals surface area contributed by atoms with Gasteiger partial charge in [0.25, 0.3) is 0 Å². The summed E-state index contributed by atoms with van der Waals surface area (Å²) < 4.78 is 20.4. The van der Waals surface area contributed by atoms with E-state index in [2.05, 4.69) is 10.3 Å². The Hall–Kier alpha value is -3.95. The molecule has 0 radical (unpaired) electrons. The van der Waals surface area contributed by atoms with Crippen molar-refractivity contribution >= 4 is 17.6 Å². The Balaban J connectivity index is 1.48. The highest BCUT2D eigenvalue weighted by Gasteiger charge is 2.33. The molecular formula is C20H18FN5O4. The van der Waals surface area contributed by atoms with Gasteiger partial charge in [0, 0.05) is 12.2 Å². The Morgan fingerprint density at radius 3 is 2.70 bits per heavy atom. The van der Waals surface area contributed by atoms with Crippen LogP contribution in [0.3, 0.4) is 0 Å². The quantitative estimate of drug-likeness (QED) is 0.663. The predicted molar refractivity (Wildman–Crippen MR) is 105 cm³/mol. The Bertz CT molecular complexity index is 1170. The first kappa shape index (κ1) is 19.4. The number of carbonyl (C=O) groups is 2. The second-order valence-electron chi connectivity index (χ2n) is 6.65. The van der Waals surface area contributed by atoms with E-state index in [1.807, 2.05) is 6.07 Å². The van der Waals surface area contributed by atoms with E-state index in [-0.39, 0.29) is 25.5 Å². The van der Waals surface area contributed by atoms with E-state index >= 15 is 0 Å². The monoisotopic (exact) mass is 411 g/mol. The normalized spacial score (nSPS) is 12.7. The maximum absolute atomic E-state index is 13.2. The van der Waals surface area contributed by atoms with Gasteiger partial charge in [0.15, 0.2) is 5.82 Å². The summed E-state index contributed by atoms with van der Waals surface area (Å²) in [6.45, 7) is -0.0711. The van der Waals surface area contributed by atoms with Gasteiger partial charge >= 0.3 is 11.7 Å². The van der Waals surface area contributed by atoms with Crippen LogP contribution >= 0.6 is 0 Å². The van der Waals surface area contributed by atoms with Gasteiger partial charge in [-0.3, -0.25) is 9.69 Å². The highest BCUT2D eigenvalue weighted by atomic mass is 19.1. The number of methoxy groups -OCH3 is 1. The van der Waals surface area contributed by atoms with E-state index in [1.165, 1.54) is 29.2 Å². The summed E-state index contributed by atoms with van der Waals surface area (Å²) in [5.41, 5.74) is 0.606. The van der Waals surface area contributed by atoms with Gasteiger partial charge in [0.1, 0.15) is 18.1 Å². The molecule has 0 saturated heterocycles. The summed E-state index contributed by atoms with van der Waals surface area (Å²) in [7, 11) is 1.55. The number of halogens is 1. The first-order chi connectivity index (χ1) is 14.5. The summed E-state index contributed by atoms with van der Waals surface area (Å²) in [6.07, 6.45) is 0. The maximum atomic E-state index is 13.2. The lowest BCUT2D eigenvalue weighted by Crippen LogP contribution is -2.38. The molecule has 1 aromatic heterocycles. The van der Waals surface area contributed by atoms with Crippen LogP contribution in [0.4, 0.5) is 14.9 Å². The van der Waals surface area contributed by atoms with Crippen molar-refractivity contribution in [2.24, 2.45) is 0 Å². The van der Waals surface area contributed by atoms with Gasteiger partial charge in [0.05, 0.1) is 13.7 Å². The minimum atomic E-state index is -0.686. The molecule has 1 aliphatic rings. The van der Waals surface area contributed by atoms with Crippen LogP contribution in [0.25, 0.3) is 0 Å². The minimum absolute atomic E-state index is 0.0537. The second kappa shape index (κ2) is 7.82. The number of hydrogen-bond donors (Lipinski definition) is 1. The molecule has 0 aliphatic carbocycles. The first-order valence-electron chi connectivity index (χ1n) is 9.12. The van der Waals surface area contributed by atoms with Crippen LogP contribution in [0.1, 0.15) is 11.4 Å². The van der Waals surface area contributed by atoms with Gasteiger partial charge in [-0.15, -0.1) is 0 Å². The smallest absolute Gasteiger partial charge is 0.365 e. The van der Waals surface area contributed by atoms with Crippen molar-refractivity contribution in [1.29, 1.82) is 0 Å². The fourth-order valence-corrected chi connectivity index (χ4v) is 3.22. The number of benzene rings is 2. The van der Waals surface area contributed by atoms with E-state index in [4.69, 9.17) is 4.74 Å². The zero-order chi connectivity index (χ0) is 21.3. The zero-order valence-electron chi connectivity index (χ0n) is 16.0. The zero-order valence-corrected chi connectivity index (χ0v) is 16.0. The molecule has 0 fully saturated rings. The molecular weight excluding hydrogens is 393 g/mol. The Kier molecular flexibility index (Phi) is 5.05. The fraction of sp³-hybridized carbons (Fsp3) is 0.200. The molecule has 4 rings (SSSR count). The van der Waals surface area contributed by atoms with Gasteiger partial charge in [0.2, 0.25) is 5.91 Å². The van der Waals surface area contributed by atoms with Crippen molar-refractivity contribution in [2.45, 2.75) is 19.6 Å². The molecule has 3 aromatic rings. The van der Waals surface area contributed by atoms with Crippen molar-refractivity contribution < 1.29 is 18.7 Å². The standard InChI is InChI=1S/C20H18FN5O4/c1-30-16-4-2-3-13(9-16)10-22-18(27)12-25-19(28)23-17-11-24(20(29)26(17)25)15-7-5-14(21)6-8-15/h2-9H,10-12H2,1H3,(H,22,27). The highest BCUT2D eigenvalue weighted by Crippen LogP contribution is 2.23. The van der Waals surface area contributed by atoms with Crippen LogP contribution in [0, 0.1) is 5.82 Å². The first-order valence-corrected chi connectivity index (χ1v) is 9.12. The van der Waals surface area contributed by atoms with Crippen LogP contribution in [-0.2, 0) is 24.4 Å². The Labute approximate surface area is 170 Å². The lowest BCUT2D eigenvalue weighted by molar-refractivity contribution is -0.122. The number of anilines is 1. The van der Waals surface area contributed by atoms with Gasteiger partial charge in [-0.1, -0.05) is 12.1 Å². The summed E-state index contributed by atoms with van der Waals surface area (Å²) in [4.78, 5) is 42.6. The van der Waals surface area contributed by atoms with Gasteiger partial charge in [-0.25, -0.2) is 18.7 Å². The number of rotatable bonds is 6. The lowest BCUT2D eigenvalue weighted by atomic mass is 10.2. The predicted octanol–water partition coefficient (Wildman–Crippen LogP) is 1.50. The van der Waals surface area contributed by atoms with Crippen molar-refractivity contribution in [3.8, 4) is 5.75 Å². The molecule has 0 spiro atoms. The van der Waals surface area contributed by atoms with Crippen molar-refractivity contribution in [2.75, 3.05) is 12.0 Å². The average Bonchev–Trinajstić information content (AvgIpc) is 3.22. The SMILES string of the molecule is COc1cccc(CNC(=O)Cn2c(=O)nc3n2C(=O)N(c2ccc(F)cc2)C3)c1. The molecule has 30 heavy (non-hydrogen) atoms. The fourth-order valence-electron chi connectivity index (χ4n) is 3.22. The molecule has 10 heteroatoms. The second-order valence-corrected chi connectivity index (χ2v) is 6.65. The number of ether oxygens (including phenoxy) is 1.